The van der Waals surface area contributed by atoms with E-state index < -0.39 is 11.7 Å². The largest absolute Gasteiger partial charge is 0.417 e. The fourth-order valence-corrected chi connectivity index (χ4v) is 1.51. The Morgan fingerprint density at radius 1 is 1.39 bits per heavy atom. The molecule has 0 unspecified atom stereocenters. The van der Waals surface area contributed by atoms with E-state index in [0.29, 0.717) is 11.3 Å². The van der Waals surface area contributed by atoms with Crippen LogP contribution in [0.4, 0.5) is 13.2 Å². The lowest BCUT2D eigenvalue weighted by molar-refractivity contribution is -0.137. The van der Waals surface area contributed by atoms with Crippen LogP contribution in [0.3, 0.4) is 0 Å². The lowest BCUT2D eigenvalue weighted by Crippen LogP contribution is -2.18. The number of amides is 1. The topological polar surface area (TPSA) is 46.4 Å². The van der Waals surface area contributed by atoms with E-state index in [1.54, 1.807) is 0 Å². The molecular weight excluding hydrogens is 247 g/mol. The lowest BCUT2D eigenvalue weighted by Gasteiger charge is -2.05. The first-order chi connectivity index (χ1) is 8.36. The lowest BCUT2D eigenvalue weighted by atomic mass is 10.3. The van der Waals surface area contributed by atoms with Crippen LogP contribution in [-0.2, 0) is 17.5 Å². The molecule has 7 heteroatoms. The van der Waals surface area contributed by atoms with Gasteiger partial charge in [-0.2, -0.15) is 13.2 Å². The summed E-state index contributed by atoms with van der Waals surface area (Å²) in [5, 5.41) is 2.53. The van der Waals surface area contributed by atoms with Gasteiger partial charge < -0.3 is 9.72 Å². The van der Waals surface area contributed by atoms with Crippen LogP contribution >= 0.6 is 0 Å². The maximum absolute atomic E-state index is 12.5. The Balaban J connectivity index is 2.31. The van der Waals surface area contributed by atoms with Crippen molar-refractivity contribution < 1.29 is 18.0 Å². The Labute approximate surface area is 100 Å². The molecule has 2 heterocycles. The molecule has 0 aliphatic heterocycles. The number of imidazole rings is 1. The van der Waals surface area contributed by atoms with Gasteiger partial charge in [-0.05, 0) is 12.1 Å². The van der Waals surface area contributed by atoms with Gasteiger partial charge >= 0.3 is 6.18 Å². The van der Waals surface area contributed by atoms with E-state index in [-0.39, 0.29) is 12.5 Å². The number of alkyl halides is 3. The normalized spacial score (nSPS) is 11.8. The highest BCUT2D eigenvalue weighted by molar-refractivity contribution is 5.72. The van der Waals surface area contributed by atoms with Crippen molar-refractivity contribution in [2.24, 2.45) is 0 Å². The monoisotopic (exact) mass is 257 g/mol. The Morgan fingerprint density at radius 3 is 2.72 bits per heavy atom. The van der Waals surface area contributed by atoms with Gasteiger partial charge in [0, 0.05) is 19.3 Å². The summed E-state index contributed by atoms with van der Waals surface area (Å²) in [6.07, 6.45) is -1.95. The smallest absolute Gasteiger partial charge is 0.351 e. The minimum absolute atomic E-state index is 0.193. The first-order valence-electron chi connectivity index (χ1n) is 5.15. The summed E-state index contributed by atoms with van der Waals surface area (Å²) in [6.45, 7) is 1.55. The number of hydrogen-bond donors (Lipinski definition) is 1. The molecule has 0 fully saturated rings. The van der Waals surface area contributed by atoms with Crippen LogP contribution in [0.15, 0.2) is 24.5 Å². The second kappa shape index (κ2) is 4.32. The predicted molar refractivity (Wildman–Crippen MR) is 57.7 cm³/mol. The molecule has 0 spiro atoms. The molecule has 0 saturated carbocycles. The zero-order valence-corrected chi connectivity index (χ0v) is 9.45. The summed E-state index contributed by atoms with van der Waals surface area (Å²) in [4.78, 5) is 14.8. The highest BCUT2D eigenvalue weighted by Gasteiger charge is 2.30. The molecule has 0 aliphatic rings. The number of nitrogens with one attached hydrogen (secondary N) is 1. The maximum atomic E-state index is 12.5. The molecule has 0 saturated heterocycles. The van der Waals surface area contributed by atoms with Gasteiger partial charge in [0.15, 0.2) is 0 Å². The van der Waals surface area contributed by atoms with Crippen molar-refractivity contribution in [1.29, 1.82) is 0 Å². The summed E-state index contributed by atoms with van der Waals surface area (Å²) in [7, 11) is 0. The van der Waals surface area contributed by atoms with Gasteiger partial charge in [0.1, 0.15) is 5.65 Å². The standard InChI is InChI=1S/C11H10F3N3O/c1-7(18)15-4-9-6-17-5-8(11(12,13)14)2-3-10(17)16-9/h2-3,5-6H,4H2,1H3,(H,15,18). The van der Waals surface area contributed by atoms with Crippen LogP contribution in [0.2, 0.25) is 0 Å². The van der Waals surface area contributed by atoms with Gasteiger partial charge in [-0.3, -0.25) is 4.79 Å². The van der Waals surface area contributed by atoms with Gasteiger partial charge in [-0.15, -0.1) is 0 Å². The van der Waals surface area contributed by atoms with E-state index in [2.05, 4.69) is 10.3 Å². The van der Waals surface area contributed by atoms with Crippen molar-refractivity contribution in [2.75, 3.05) is 0 Å². The van der Waals surface area contributed by atoms with Gasteiger partial charge in [0.2, 0.25) is 5.91 Å². The van der Waals surface area contributed by atoms with Gasteiger partial charge in [0.25, 0.3) is 0 Å². The molecule has 0 bridgehead atoms. The quantitative estimate of drug-likeness (QED) is 0.894. The minimum Gasteiger partial charge on any atom is -0.351 e. The fourth-order valence-electron chi connectivity index (χ4n) is 1.51. The number of fused-ring (bicyclic) bond motifs is 1. The zero-order chi connectivity index (χ0) is 13.3. The summed E-state index contributed by atoms with van der Waals surface area (Å²) in [5.41, 5.74) is 0.173. The molecule has 96 valence electrons. The molecule has 2 aromatic heterocycles. The van der Waals surface area contributed by atoms with Crippen LogP contribution in [0.1, 0.15) is 18.2 Å². The summed E-state index contributed by atoms with van der Waals surface area (Å²) >= 11 is 0. The van der Waals surface area contributed by atoms with E-state index in [0.717, 1.165) is 12.3 Å². The average Bonchev–Trinajstić information content (AvgIpc) is 2.66. The molecule has 2 rings (SSSR count). The van der Waals surface area contributed by atoms with E-state index in [1.165, 1.54) is 23.6 Å². The minimum atomic E-state index is -4.38. The predicted octanol–water partition coefficient (Wildman–Crippen LogP) is 1.99. The van der Waals surface area contributed by atoms with Crippen LogP contribution in [-0.4, -0.2) is 15.3 Å². The molecule has 1 N–H and O–H groups in total. The zero-order valence-electron chi connectivity index (χ0n) is 9.45. The van der Waals surface area contributed by atoms with E-state index in [1.807, 2.05) is 0 Å². The highest BCUT2D eigenvalue weighted by Crippen LogP contribution is 2.29. The fraction of sp³-hybridized carbons (Fsp3) is 0.273. The maximum Gasteiger partial charge on any atom is 0.417 e. The number of nitrogens with zero attached hydrogens (tertiary/aromatic N) is 2. The molecule has 4 nitrogen and oxygen atoms in total. The number of rotatable bonds is 2. The first-order valence-corrected chi connectivity index (χ1v) is 5.15. The molecule has 2 aromatic rings. The van der Waals surface area contributed by atoms with Crippen molar-refractivity contribution in [3.63, 3.8) is 0 Å². The third-order valence-corrected chi connectivity index (χ3v) is 2.35. The van der Waals surface area contributed by atoms with Gasteiger partial charge in [-0.25, -0.2) is 4.98 Å². The molecule has 0 radical (unpaired) electrons. The number of hydrogen-bond acceptors (Lipinski definition) is 2. The second-order valence-corrected chi connectivity index (χ2v) is 3.82. The van der Waals surface area contributed by atoms with E-state index >= 15 is 0 Å². The third kappa shape index (κ3) is 2.61. The first kappa shape index (κ1) is 12.4. The summed E-state index contributed by atoms with van der Waals surface area (Å²) in [6, 6.07) is 2.27. The Hall–Kier alpha value is -2.05. The van der Waals surface area contributed by atoms with Crippen LogP contribution in [0.5, 0.6) is 0 Å². The number of halogens is 3. The Kier molecular flexibility index (Phi) is 2.98. The van der Waals surface area contributed by atoms with Crippen molar-refractivity contribution in [1.82, 2.24) is 14.7 Å². The highest BCUT2D eigenvalue weighted by atomic mass is 19.4. The van der Waals surface area contributed by atoms with Gasteiger partial charge in [0.05, 0.1) is 17.8 Å². The van der Waals surface area contributed by atoms with Crippen molar-refractivity contribution in [3.8, 4) is 0 Å². The molecule has 0 aromatic carbocycles. The van der Waals surface area contributed by atoms with Crippen LogP contribution in [0.25, 0.3) is 5.65 Å². The number of carbonyl (C=O) groups excluding carboxylic acids is 1. The van der Waals surface area contributed by atoms with E-state index in [9.17, 15) is 18.0 Å². The molecule has 0 atom stereocenters. The van der Waals surface area contributed by atoms with E-state index in [4.69, 9.17) is 0 Å². The van der Waals surface area contributed by atoms with Crippen molar-refractivity contribution >= 4 is 11.6 Å². The Morgan fingerprint density at radius 2 is 2.11 bits per heavy atom. The third-order valence-electron chi connectivity index (χ3n) is 2.35. The van der Waals surface area contributed by atoms with Crippen molar-refractivity contribution in [2.45, 2.75) is 19.6 Å². The van der Waals surface area contributed by atoms with Crippen LogP contribution < -0.4 is 5.32 Å². The second-order valence-electron chi connectivity index (χ2n) is 3.82. The summed E-state index contributed by atoms with van der Waals surface area (Å²) in [5.74, 6) is -0.219. The van der Waals surface area contributed by atoms with Crippen molar-refractivity contribution in [3.05, 3.63) is 35.8 Å². The number of carbonyl (C=O) groups is 1. The molecular formula is C11H10F3N3O. The summed E-state index contributed by atoms with van der Waals surface area (Å²) < 4.78 is 38.7. The number of aromatic nitrogens is 2. The molecule has 0 aliphatic carbocycles. The number of pyridine rings is 1. The molecule has 1 amide bonds. The van der Waals surface area contributed by atoms with Gasteiger partial charge in [-0.1, -0.05) is 0 Å². The molecule has 18 heavy (non-hydrogen) atoms. The van der Waals surface area contributed by atoms with Crippen LogP contribution in [0, 0.1) is 0 Å². The Bertz CT molecular complexity index is 589. The average molecular weight is 257 g/mol. The SMILES string of the molecule is CC(=O)NCc1cn2cc(C(F)(F)F)ccc2n1.